The van der Waals surface area contributed by atoms with Crippen LogP contribution in [0, 0.1) is 118 Å². The Morgan fingerprint density at radius 3 is 0.600 bits per heavy atom. The Morgan fingerprint density at radius 1 is 0.305 bits per heavy atom. The molecule has 0 amide bonds. The summed E-state index contributed by atoms with van der Waals surface area (Å²) >= 11 is 0. The number of carbonyl (C=O) groups is 4. The van der Waals surface area contributed by atoms with Gasteiger partial charge in [-0.3, -0.25) is 0 Å². The summed E-state index contributed by atoms with van der Waals surface area (Å²) in [4.78, 5) is 68.4. The van der Waals surface area contributed by atoms with E-state index in [-0.39, 0.29) is 123 Å². The van der Waals surface area contributed by atoms with Gasteiger partial charge in [-0.25, -0.2) is 19.2 Å². The summed E-state index contributed by atoms with van der Waals surface area (Å²) in [5.41, 5.74) is -5.57. The predicted octanol–water partition coefficient (Wildman–Crippen LogP) is 8.20. The van der Waals surface area contributed by atoms with Gasteiger partial charge in [0, 0.05) is 132 Å². The van der Waals surface area contributed by atoms with Gasteiger partial charge in [0.1, 0.15) is 103 Å². The van der Waals surface area contributed by atoms with E-state index >= 15 is 19.2 Å². The molecule has 0 spiro atoms. The first kappa shape index (κ1) is 88.0. The van der Waals surface area contributed by atoms with Crippen LogP contribution in [0.3, 0.4) is 0 Å². The molecule has 4 rings (SSSR count). The van der Waals surface area contributed by atoms with E-state index in [0.29, 0.717) is 101 Å². The Bertz CT molecular complexity index is 3260. The number of nitrogens with zero attached hydrogens (tertiary/aromatic N) is 12. The number of esters is 4. The molecule has 105 heavy (non-hydrogen) atoms. The highest BCUT2D eigenvalue weighted by Crippen LogP contribution is 2.48. The summed E-state index contributed by atoms with van der Waals surface area (Å²) in [5, 5.41) is 88.7. The van der Waals surface area contributed by atoms with E-state index < -0.39 is 99.7 Å². The molecule has 4 aliphatic rings. The minimum atomic E-state index is -2.38. The highest BCUT2D eigenvalue weighted by molar-refractivity contribution is 5.97. The monoisotopic (exact) mass is 1450 g/mol. The minimum Gasteiger partial charge on any atom is -0.461 e. The summed E-state index contributed by atoms with van der Waals surface area (Å²) in [6, 6.07) is 16.7. The molecule has 0 aromatic heterocycles. The van der Waals surface area contributed by atoms with E-state index in [1.807, 2.05) is 99.3 Å². The molecule has 0 N–H and O–H groups in total. The third-order valence-corrected chi connectivity index (χ3v) is 18.6. The quantitative estimate of drug-likeness (QED) is 0.0241. The van der Waals surface area contributed by atoms with Crippen LogP contribution in [-0.2, 0) is 76.0 Å². The first-order chi connectivity index (χ1) is 50.0. The zero-order valence-corrected chi connectivity index (χ0v) is 64.2. The van der Waals surface area contributed by atoms with Gasteiger partial charge in [0.2, 0.25) is 0 Å². The van der Waals surface area contributed by atoms with Crippen molar-refractivity contribution in [1.82, 2.24) is 19.6 Å². The average molecular weight is 1450 g/mol. The summed E-state index contributed by atoms with van der Waals surface area (Å²) in [5.74, 6) is -5.34. The topological polar surface area (TPSA) is 382 Å². The molecule has 28 nitrogen and oxygen atoms in total. The Morgan fingerprint density at radius 2 is 0.467 bits per heavy atom. The van der Waals surface area contributed by atoms with E-state index in [2.05, 4.69) is 24.3 Å². The lowest BCUT2D eigenvalue weighted by molar-refractivity contribution is -0.165. The Hall–Kier alpha value is -9.40. The maximum absolute atomic E-state index is 15.2. The fourth-order valence-electron chi connectivity index (χ4n) is 13.3. The molecule has 4 aliphatic carbocycles. The molecule has 0 fully saturated rings. The molecule has 0 aromatic rings. The summed E-state index contributed by atoms with van der Waals surface area (Å²) in [6.45, 7) is 15.0. The van der Waals surface area contributed by atoms with Crippen molar-refractivity contribution in [3.63, 3.8) is 0 Å². The highest BCUT2D eigenvalue weighted by atomic mass is 16.6. The van der Waals surface area contributed by atoms with Gasteiger partial charge in [-0.15, -0.1) is 0 Å². The van der Waals surface area contributed by atoms with Crippen molar-refractivity contribution in [1.29, 1.82) is 42.1 Å². The van der Waals surface area contributed by atoms with Crippen LogP contribution in [-0.4, -0.2) is 232 Å². The lowest BCUT2D eigenvalue weighted by atomic mass is 9.72. The molecular weight excluding hydrogens is 1350 g/mol. The van der Waals surface area contributed by atoms with E-state index in [9.17, 15) is 42.1 Å². The van der Waals surface area contributed by atoms with Gasteiger partial charge in [0.15, 0.2) is 0 Å². The van der Waals surface area contributed by atoms with Crippen LogP contribution in [0.1, 0.15) is 107 Å². The van der Waals surface area contributed by atoms with Crippen LogP contribution in [0.15, 0.2) is 89.7 Å². The van der Waals surface area contributed by atoms with Crippen molar-refractivity contribution in [2.75, 3.05) is 189 Å². The third-order valence-electron chi connectivity index (χ3n) is 18.6. The first-order valence-corrected chi connectivity index (χ1v) is 34.6. The number of rotatable bonds is 40. The van der Waals surface area contributed by atoms with Crippen molar-refractivity contribution in [3.8, 4) is 48.6 Å². The number of allylic oxidation sites excluding steroid dienone is 12. The van der Waals surface area contributed by atoms with E-state index in [4.69, 9.17) is 56.8 Å². The molecule has 0 saturated carbocycles. The second-order valence-corrected chi connectivity index (χ2v) is 29.4. The fraction of sp³-hybridized carbons (Fsp3) is 0.636. The predicted molar refractivity (Wildman–Crippen MR) is 381 cm³/mol. The van der Waals surface area contributed by atoms with Gasteiger partial charge in [-0.2, -0.15) is 42.1 Å². The average Bonchev–Trinajstić information content (AvgIpc) is 0.795. The molecule has 0 aromatic carbocycles. The zero-order valence-electron chi connectivity index (χ0n) is 64.2. The number of hydrogen-bond donors (Lipinski definition) is 0. The smallest absolute Gasteiger partial charge is 0.349 e. The fourth-order valence-corrected chi connectivity index (χ4v) is 13.3. The van der Waals surface area contributed by atoms with Crippen LogP contribution in [0.2, 0.25) is 0 Å². The lowest BCUT2D eigenvalue weighted by Gasteiger charge is -2.39. The van der Waals surface area contributed by atoms with Crippen molar-refractivity contribution in [2.45, 2.75) is 107 Å². The zero-order chi connectivity index (χ0) is 78.3. The van der Waals surface area contributed by atoms with Crippen LogP contribution in [0.25, 0.3) is 0 Å². The first-order valence-electron chi connectivity index (χ1n) is 34.6. The molecule has 0 aliphatic heterocycles. The normalized spacial score (nSPS) is 18.6. The van der Waals surface area contributed by atoms with Crippen molar-refractivity contribution < 1.29 is 76.0 Å². The van der Waals surface area contributed by atoms with Crippen molar-refractivity contribution >= 4 is 23.9 Å². The van der Waals surface area contributed by atoms with Gasteiger partial charge >= 0.3 is 23.9 Å². The largest absolute Gasteiger partial charge is 0.461 e. The molecule has 568 valence electrons. The van der Waals surface area contributed by atoms with Crippen molar-refractivity contribution in [2.24, 2.45) is 27.1 Å². The third kappa shape index (κ3) is 24.3. The molecule has 0 saturated heterocycles. The summed E-state index contributed by atoms with van der Waals surface area (Å²) in [7, 11) is 12.2. The second kappa shape index (κ2) is 41.9. The minimum absolute atomic E-state index is 0.00495. The van der Waals surface area contributed by atoms with Gasteiger partial charge in [0.05, 0.1) is 75.1 Å². The molecule has 0 bridgehead atoms. The number of ether oxygens (including phenoxy) is 12. The Labute approximate surface area is 619 Å². The van der Waals surface area contributed by atoms with Crippen LogP contribution < -0.4 is 0 Å². The van der Waals surface area contributed by atoms with Gasteiger partial charge < -0.3 is 76.4 Å². The van der Waals surface area contributed by atoms with Gasteiger partial charge in [0.25, 0.3) is 0 Å². The number of nitriles is 8. The standard InChI is InChI=1S/C77H104N12O16/c1-73(2)33-53(57(41-78)65(37-73)86(17-25-94-9)18-26-95-10)61(45-82)69(90)102-49-77(50-103-70(91)62(46-83)54-34-74(3,4)38-66(58(54)42-79)87(19-27-96-11)20-28-97-12,51-104-71(92)63(47-84)55-35-75(5,6)39-67(59(55)43-80)88(21-29-98-13)22-30-99-14)52-105-72(93)64(48-85)56-36-76(7,8)40-68(60(56)44-81)89(23-31-100-15)24-32-101-16/h17-40,49-52H2,1-16H3/b61-53-,62-54+,63-55+,64-56+. The Kier molecular flexibility index (Phi) is 35.1. The highest BCUT2D eigenvalue weighted by Gasteiger charge is 2.45. The molecule has 0 unspecified atom stereocenters. The van der Waals surface area contributed by atoms with E-state index in [1.54, 1.807) is 0 Å². The molecule has 28 heteroatoms. The van der Waals surface area contributed by atoms with Crippen molar-refractivity contribution in [3.05, 3.63) is 89.7 Å². The van der Waals surface area contributed by atoms with E-state index in [0.717, 1.165) is 0 Å². The van der Waals surface area contributed by atoms with Crippen LogP contribution in [0.5, 0.6) is 0 Å². The molecule has 0 radical (unpaired) electrons. The molecule has 0 atom stereocenters. The Balaban J connectivity index is 2.21. The SMILES string of the molecule is COCCN(CCOC)C1=C(C#N)/C(=C(/C#N)C(=O)OCC(COC(=O)/C(C#N)=C2\CC(C)(C)CC(N(CCOC)CCOC)=C2C#N)(COC(=O)/C(C#N)=C2\CC(C)(C)CC(N(CCOC)CCOC)=C2C#N)COC(=O)/C(C#N)=C2\CC(C)(C)CC(N(CCOC)CCOC)=C2C#N)CC(C)(C)C1. The molecule has 0 heterocycles. The van der Waals surface area contributed by atoms with E-state index in [1.165, 1.54) is 56.9 Å². The van der Waals surface area contributed by atoms with Crippen LogP contribution >= 0.6 is 0 Å². The lowest BCUT2D eigenvalue weighted by Crippen LogP contribution is -2.44. The van der Waals surface area contributed by atoms with Crippen LogP contribution in [0.4, 0.5) is 0 Å². The molecular formula is C77H104N12O16. The number of hydrogen-bond acceptors (Lipinski definition) is 28. The number of carbonyl (C=O) groups excluding carboxylic acids is 4. The maximum atomic E-state index is 15.2. The summed E-state index contributed by atoms with van der Waals surface area (Å²) < 4.78 is 68.1. The van der Waals surface area contributed by atoms with Gasteiger partial charge in [-0.1, -0.05) is 55.4 Å². The number of methoxy groups -OCH3 is 8. The van der Waals surface area contributed by atoms with Gasteiger partial charge in [-0.05, 0) is 95.3 Å². The summed E-state index contributed by atoms with van der Waals surface area (Å²) in [6.07, 6.45) is 1.35. The maximum Gasteiger partial charge on any atom is 0.349 e. The second-order valence-electron chi connectivity index (χ2n) is 29.4.